The van der Waals surface area contributed by atoms with Crippen molar-refractivity contribution in [3.05, 3.63) is 48.5 Å². The van der Waals surface area contributed by atoms with Crippen LogP contribution in [-0.4, -0.2) is 23.8 Å². The van der Waals surface area contributed by atoms with E-state index in [-0.39, 0.29) is 10.6 Å². The number of hydrogen-bond acceptors (Lipinski definition) is 8. The van der Waals surface area contributed by atoms with Crippen LogP contribution in [0.3, 0.4) is 0 Å². The van der Waals surface area contributed by atoms with Crippen LogP contribution in [-0.2, 0) is 9.47 Å². The fraction of sp³-hybridized carbons (Fsp3) is 0.182. The monoisotopic (exact) mass is 474 g/mol. The standard InChI is InChI=1S/C22H18O4S4/c1-3-25-21(23)29-17-13-9-5-7-11-15(13)27-19(17)20-18(30-22(24)26-4-2)14-10-6-8-12-16(14)28-20/h5-12H,3-4H2,1-2H3. The van der Waals surface area contributed by atoms with Gasteiger partial charge in [-0.05, 0) is 49.5 Å². The lowest BCUT2D eigenvalue weighted by Crippen LogP contribution is -1.96. The zero-order chi connectivity index (χ0) is 21.1. The Balaban J connectivity index is 1.91. The van der Waals surface area contributed by atoms with Crippen molar-refractivity contribution in [1.29, 1.82) is 0 Å². The smallest absolute Gasteiger partial charge is 0.372 e. The van der Waals surface area contributed by atoms with Crippen LogP contribution in [0.5, 0.6) is 0 Å². The molecule has 2 aromatic heterocycles. The average molecular weight is 475 g/mol. The molecule has 0 spiro atoms. The van der Waals surface area contributed by atoms with Gasteiger partial charge in [0.15, 0.2) is 0 Å². The molecule has 0 N–H and O–H groups in total. The van der Waals surface area contributed by atoms with Gasteiger partial charge >= 0.3 is 10.6 Å². The molecule has 4 aromatic rings. The first-order valence-corrected chi connectivity index (χ1v) is 12.6. The highest BCUT2D eigenvalue weighted by Crippen LogP contribution is 2.52. The van der Waals surface area contributed by atoms with Gasteiger partial charge in [-0.3, -0.25) is 0 Å². The van der Waals surface area contributed by atoms with Gasteiger partial charge in [0.1, 0.15) is 0 Å². The molecule has 4 nitrogen and oxygen atoms in total. The fourth-order valence-corrected chi connectivity index (χ4v) is 7.76. The number of benzene rings is 2. The summed E-state index contributed by atoms with van der Waals surface area (Å²) in [6, 6.07) is 16.0. The topological polar surface area (TPSA) is 52.6 Å². The van der Waals surface area contributed by atoms with Gasteiger partial charge in [-0.1, -0.05) is 36.4 Å². The van der Waals surface area contributed by atoms with Gasteiger partial charge in [-0.25, -0.2) is 9.59 Å². The van der Waals surface area contributed by atoms with Crippen LogP contribution >= 0.6 is 46.2 Å². The van der Waals surface area contributed by atoms with Gasteiger partial charge in [0, 0.05) is 30.0 Å². The molecule has 0 aliphatic rings. The van der Waals surface area contributed by atoms with Gasteiger partial charge in [-0.2, -0.15) is 0 Å². The number of carbonyl (C=O) groups excluding carboxylic acids is 2. The number of carbonyl (C=O) groups is 2. The Morgan fingerprint density at radius 2 is 1.13 bits per heavy atom. The molecule has 0 aliphatic carbocycles. The zero-order valence-electron chi connectivity index (χ0n) is 16.3. The molecule has 2 aromatic carbocycles. The molecule has 0 saturated heterocycles. The van der Waals surface area contributed by atoms with E-state index < -0.39 is 0 Å². The third-order valence-electron chi connectivity index (χ3n) is 4.20. The van der Waals surface area contributed by atoms with Crippen LogP contribution in [0.4, 0.5) is 9.59 Å². The van der Waals surface area contributed by atoms with Crippen LogP contribution in [0, 0.1) is 0 Å². The van der Waals surface area contributed by atoms with Crippen molar-refractivity contribution in [2.45, 2.75) is 23.6 Å². The lowest BCUT2D eigenvalue weighted by molar-refractivity contribution is 0.180. The maximum Gasteiger partial charge on any atom is 0.372 e. The first kappa shape index (κ1) is 21.2. The van der Waals surface area contributed by atoms with Crippen LogP contribution in [0.2, 0.25) is 0 Å². The first-order chi connectivity index (χ1) is 14.6. The van der Waals surface area contributed by atoms with Crippen LogP contribution in [0.15, 0.2) is 58.3 Å². The molecule has 0 atom stereocenters. The molecule has 0 amide bonds. The Hall–Kier alpha value is -2.00. The summed E-state index contributed by atoms with van der Waals surface area (Å²) >= 11 is 5.45. The molecule has 0 radical (unpaired) electrons. The minimum absolute atomic E-state index is 0.329. The van der Waals surface area contributed by atoms with E-state index in [0.717, 1.165) is 63.2 Å². The highest BCUT2D eigenvalue weighted by atomic mass is 32.2. The van der Waals surface area contributed by atoms with Crippen LogP contribution in [0.25, 0.3) is 29.9 Å². The second-order valence-corrected chi connectivity index (χ2v) is 10.1. The van der Waals surface area contributed by atoms with E-state index in [2.05, 4.69) is 0 Å². The van der Waals surface area contributed by atoms with Crippen molar-refractivity contribution in [2.24, 2.45) is 0 Å². The molecule has 0 aliphatic heterocycles. The predicted molar refractivity (Wildman–Crippen MR) is 128 cm³/mol. The third kappa shape index (κ3) is 4.23. The SMILES string of the molecule is CCOC(=O)Sc1c(-c2sc3ccccc3c2SC(=O)OCC)sc2ccccc12. The van der Waals surface area contributed by atoms with E-state index in [1.807, 2.05) is 48.5 Å². The fourth-order valence-electron chi connectivity index (χ4n) is 3.01. The summed E-state index contributed by atoms with van der Waals surface area (Å²) in [4.78, 5) is 28.3. The summed E-state index contributed by atoms with van der Waals surface area (Å²) in [7, 11) is 0. The van der Waals surface area contributed by atoms with E-state index in [1.165, 1.54) is 0 Å². The molecule has 8 heteroatoms. The number of rotatable bonds is 5. The Morgan fingerprint density at radius 3 is 1.53 bits per heavy atom. The number of thiophene rings is 2. The Kier molecular flexibility index (Phi) is 6.67. The Labute approximate surface area is 190 Å². The molecule has 4 rings (SSSR count). The summed E-state index contributed by atoms with van der Waals surface area (Å²) in [5.41, 5.74) is 0. The lowest BCUT2D eigenvalue weighted by atomic mass is 10.2. The summed E-state index contributed by atoms with van der Waals surface area (Å²) in [6.07, 6.45) is 0. The molecule has 0 fully saturated rings. The second kappa shape index (κ2) is 9.43. The Morgan fingerprint density at radius 1 is 0.733 bits per heavy atom. The highest BCUT2D eigenvalue weighted by Gasteiger charge is 2.25. The quantitative estimate of drug-likeness (QED) is 0.214. The molecule has 0 unspecified atom stereocenters. The number of ether oxygens (including phenoxy) is 2. The van der Waals surface area contributed by atoms with E-state index >= 15 is 0 Å². The maximum atomic E-state index is 12.3. The first-order valence-electron chi connectivity index (χ1n) is 9.35. The average Bonchev–Trinajstić information content (AvgIpc) is 3.27. The largest absolute Gasteiger partial charge is 0.458 e. The van der Waals surface area contributed by atoms with Crippen LogP contribution in [0.1, 0.15) is 13.8 Å². The summed E-state index contributed by atoms with van der Waals surface area (Å²) in [5.74, 6) is 0. The van der Waals surface area contributed by atoms with Crippen molar-refractivity contribution in [3.63, 3.8) is 0 Å². The molecule has 0 bridgehead atoms. The van der Waals surface area contributed by atoms with Gasteiger partial charge in [0.05, 0.1) is 23.0 Å². The zero-order valence-corrected chi connectivity index (χ0v) is 19.6. The van der Waals surface area contributed by atoms with E-state index in [1.54, 1.807) is 36.5 Å². The van der Waals surface area contributed by atoms with Gasteiger partial charge < -0.3 is 9.47 Å². The van der Waals surface area contributed by atoms with Gasteiger partial charge in [-0.15, -0.1) is 22.7 Å². The second-order valence-electron chi connectivity index (χ2n) is 6.08. The molecule has 154 valence electrons. The van der Waals surface area contributed by atoms with Crippen molar-refractivity contribution >= 4 is 77.0 Å². The van der Waals surface area contributed by atoms with Crippen molar-refractivity contribution in [2.75, 3.05) is 13.2 Å². The highest BCUT2D eigenvalue weighted by molar-refractivity contribution is 8.14. The van der Waals surface area contributed by atoms with Crippen molar-refractivity contribution in [1.82, 2.24) is 0 Å². The third-order valence-corrected chi connectivity index (χ3v) is 8.79. The van der Waals surface area contributed by atoms with Gasteiger partial charge in [0.25, 0.3) is 0 Å². The molecule has 30 heavy (non-hydrogen) atoms. The summed E-state index contributed by atoms with van der Waals surface area (Å²) < 4.78 is 12.6. The summed E-state index contributed by atoms with van der Waals surface area (Å²) in [6.45, 7) is 4.25. The van der Waals surface area contributed by atoms with E-state index in [0.29, 0.717) is 13.2 Å². The molecule has 0 saturated carbocycles. The molecular formula is C22H18O4S4. The van der Waals surface area contributed by atoms with Crippen molar-refractivity contribution < 1.29 is 19.1 Å². The maximum absolute atomic E-state index is 12.3. The number of hydrogen-bond donors (Lipinski definition) is 0. The van der Waals surface area contributed by atoms with Crippen molar-refractivity contribution in [3.8, 4) is 9.75 Å². The van der Waals surface area contributed by atoms with Gasteiger partial charge in [0.2, 0.25) is 0 Å². The lowest BCUT2D eigenvalue weighted by Gasteiger charge is -2.06. The number of thioether (sulfide) groups is 2. The normalized spacial score (nSPS) is 11.1. The Bertz CT molecular complexity index is 1130. The predicted octanol–water partition coefficient (Wildman–Crippen LogP) is 8.28. The minimum Gasteiger partial charge on any atom is -0.458 e. The van der Waals surface area contributed by atoms with Crippen LogP contribution < -0.4 is 0 Å². The van der Waals surface area contributed by atoms with E-state index in [9.17, 15) is 9.59 Å². The van der Waals surface area contributed by atoms with E-state index in [4.69, 9.17) is 9.47 Å². The number of fused-ring (bicyclic) bond motifs is 2. The minimum atomic E-state index is -0.331. The summed E-state index contributed by atoms with van der Waals surface area (Å²) in [5, 5.41) is 1.37. The molecule has 2 heterocycles. The molecular weight excluding hydrogens is 457 g/mol.